The topological polar surface area (TPSA) is 65.5 Å². The van der Waals surface area contributed by atoms with Crippen LogP contribution in [-0.4, -0.2) is 66.4 Å². The Bertz CT molecular complexity index is 724. The lowest BCUT2D eigenvalue weighted by molar-refractivity contribution is -0.134. The number of carbonyl (C=O) groups excluding carboxylic acids is 2. The Hall–Kier alpha value is -2.25. The van der Waals surface area contributed by atoms with Crippen LogP contribution < -0.4 is 5.32 Å². The molecule has 0 unspecified atom stereocenters. The second kappa shape index (κ2) is 8.22. The van der Waals surface area contributed by atoms with E-state index in [-0.39, 0.29) is 24.8 Å². The fraction of sp³-hybridized carbons (Fsp3) is 0.389. The molecular formula is C18H22N4O2S. The normalized spacial score (nSPS) is 15.2. The summed E-state index contributed by atoms with van der Waals surface area (Å²) in [6.07, 6.45) is 0.194. The van der Waals surface area contributed by atoms with Crippen molar-refractivity contribution in [1.82, 2.24) is 20.1 Å². The molecule has 0 aliphatic carbocycles. The van der Waals surface area contributed by atoms with E-state index < -0.39 is 0 Å². The average molecular weight is 358 g/mol. The van der Waals surface area contributed by atoms with Crippen LogP contribution in [0.2, 0.25) is 0 Å². The van der Waals surface area contributed by atoms with Crippen molar-refractivity contribution in [3.63, 3.8) is 0 Å². The number of aromatic nitrogens is 1. The van der Waals surface area contributed by atoms with E-state index in [0.717, 1.165) is 42.4 Å². The minimum absolute atomic E-state index is 0.0234. The summed E-state index contributed by atoms with van der Waals surface area (Å²) in [7, 11) is 2.04. The van der Waals surface area contributed by atoms with E-state index in [1.807, 2.05) is 42.8 Å². The van der Waals surface area contributed by atoms with Crippen molar-refractivity contribution >= 4 is 23.2 Å². The Labute approximate surface area is 151 Å². The molecule has 132 valence electrons. The van der Waals surface area contributed by atoms with E-state index in [0.29, 0.717) is 0 Å². The number of benzene rings is 1. The second-order valence-corrected chi connectivity index (χ2v) is 7.01. The molecule has 1 aromatic heterocycles. The van der Waals surface area contributed by atoms with E-state index in [4.69, 9.17) is 0 Å². The number of nitrogens with zero attached hydrogens (tertiary/aromatic N) is 3. The largest absolute Gasteiger partial charge is 0.347 e. The highest BCUT2D eigenvalue weighted by atomic mass is 32.1. The minimum atomic E-state index is -0.174. The summed E-state index contributed by atoms with van der Waals surface area (Å²) in [4.78, 5) is 32.7. The molecule has 1 saturated heterocycles. The summed E-state index contributed by atoms with van der Waals surface area (Å²) in [5, 5.41) is 5.50. The predicted molar refractivity (Wildman–Crippen MR) is 98.3 cm³/mol. The van der Waals surface area contributed by atoms with Crippen LogP contribution in [0.25, 0.3) is 10.6 Å². The smallest absolute Gasteiger partial charge is 0.242 e. The Morgan fingerprint density at radius 2 is 1.88 bits per heavy atom. The van der Waals surface area contributed by atoms with Crippen molar-refractivity contribution in [2.24, 2.45) is 0 Å². The van der Waals surface area contributed by atoms with Crippen LogP contribution in [0.3, 0.4) is 0 Å². The molecule has 0 spiro atoms. The van der Waals surface area contributed by atoms with E-state index >= 15 is 0 Å². The first-order chi connectivity index (χ1) is 12.1. The van der Waals surface area contributed by atoms with Crippen LogP contribution in [-0.2, 0) is 16.0 Å². The van der Waals surface area contributed by atoms with Gasteiger partial charge in [-0.25, -0.2) is 4.98 Å². The molecule has 25 heavy (non-hydrogen) atoms. The van der Waals surface area contributed by atoms with Gasteiger partial charge in [-0.3, -0.25) is 9.59 Å². The summed E-state index contributed by atoms with van der Waals surface area (Å²) < 4.78 is 0. The highest BCUT2D eigenvalue weighted by Gasteiger charge is 2.19. The van der Waals surface area contributed by atoms with Gasteiger partial charge in [0.1, 0.15) is 5.01 Å². The lowest BCUT2D eigenvalue weighted by Gasteiger charge is -2.32. The monoisotopic (exact) mass is 358 g/mol. The molecule has 2 heterocycles. The molecule has 2 amide bonds. The maximum absolute atomic E-state index is 12.1. The van der Waals surface area contributed by atoms with E-state index in [1.54, 1.807) is 4.90 Å². The molecule has 0 saturated carbocycles. The van der Waals surface area contributed by atoms with Gasteiger partial charge in [-0.2, -0.15) is 0 Å². The summed E-state index contributed by atoms with van der Waals surface area (Å²) in [5.41, 5.74) is 1.78. The lowest BCUT2D eigenvalue weighted by atomic mass is 10.2. The number of thiazole rings is 1. The Balaban J connectivity index is 1.47. The van der Waals surface area contributed by atoms with Crippen molar-refractivity contribution in [2.75, 3.05) is 39.8 Å². The van der Waals surface area contributed by atoms with Gasteiger partial charge in [-0.1, -0.05) is 30.3 Å². The third kappa shape index (κ3) is 4.87. The fourth-order valence-corrected chi connectivity index (χ4v) is 3.50. The SMILES string of the molecule is CN1CCN(C(=O)CNC(=O)Cc2csc(-c3ccccc3)n2)CC1. The number of carbonyl (C=O) groups is 2. The summed E-state index contributed by atoms with van der Waals surface area (Å²) in [6, 6.07) is 9.89. The third-order valence-electron chi connectivity index (χ3n) is 4.21. The molecule has 7 heteroatoms. The molecule has 1 aliphatic rings. The van der Waals surface area contributed by atoms with Gasteiger partial charge in [0.15, 0.2) is 0 Å². The molecule has 6 nitrogen and oxygen atoms in total. The first-order valence-electron chi connectivity index (χ1n) is 8.34. The zero-order chi connectivity index (χ0) is 17.6. The summed E-state index contributed by atoms with van der Waals surface area (Å²) in [5.74, 6) is -0.197. The second-order valence-electron chi connectivity index (χ2n) is 6.15. The van der Waals surface area contributed by atoms with Crippen molar-refractivity contribution < 1.29 is 9.59 Å². The van der Waals surface area contributed by atoms with Crippen molar-refractivity contribution in [1.29, 1.82) is 0 Å². The standard InChI is InChI=1S/C18H22N4O2S/c1-21-7-9-22(10-8-21)17(24)12-19-16(23)11-15-13-25-18(20-15)14-5-3-2-4-6-14/h2-6,13H,7-12H2,1H3,(H,19,23). The van der Waals surface area contributed by atoms with Gasteiger partial charge in [0.2, 0.25) is 11.8 Å². The van der Waals surface area contributed by atoms with Crippen molar-refractivity contribution in [3.05, 3.63) is 41.4 Å². The zero-order valence-electron chi connectivity index (χ0n) is 14.3. The Morgan fingerprint density at radius 3 is 2.60 bits per heavy atom. The first-order valence-corrected chi connectivity index (χ1v) is 9.22. The zero-order valence-corrected chi connectivity index (χ0v) is 15.1. The molecular weight excluding hydrogens is 336 g/mol. The number of hydrogen-bond donors (Lipinski definition) is 1. The number of amides is 2. The van der Waals surface area contributed by atoms with Crippen LogP contribution in [0, 0.1) is 0 Å². The van der Waals surface area contributed by atoms with Gasteiger partial charge < -0.3 is 15.1 Å². The van der Waals surface area contributed by atoms with Crippen LogP contribution in [0.1, 0.15) is 5.69 Å². The van der Waals surface area contributed by atoms with Gasteiger partial charge in [0.25, 0.3) is 0 Å². The molecule has 1 aromatic carbocycles. The number of likely N-dealkylation sites (N-methyl/N-ethyl adjacent to an activating group) is 1. The van der Waals surface area contributed by atoms with E-state index in [1.165, 1.54) is 11.3 Å². The van der Waals surface area contributed by atoms with E-state index in [9.17, 15) is 9.59 Å². The van der Waals surface area contributed by atoms with Gasteiger partial charge in [0.05, 0.1) is 18.7 Å². The van der Waals surface area contributed by atoms with Crippen LogP contribution in [0.15, 0.2) is 35.7 Å². The molecule has 1 aliphatic heterocycles. The van der Waals surface area contributed by atoms with Gasteiger partial charge in [-0.15, -0.1) is 11.3 Å². The van der Waals surface area contributed by atoms with Gasteiger partial charge in [0, 0.05) is 37.1 Å². The highest BCUT2D eigenvalue weighted by Crippen LogP contribution is 2.23. The van der Waals surface area contributed by atoms with Crippen LogP contribution >= 0.6 is 11.3 Å². The van der Waals surface area contributed by atoms with Crippen LogP contribution in [0.5, 0.6) is 0 Å². The predicted octanol–water partition coefficient (Wildman–Crippen LogP) is 1.24. The number of rotatable bonds is 5. The van der Waals surface area contributed by atoms with Crippen molar-refractivity contribution in [3.8, 4) is 10.6 Å². The molecule has 0 atom stereocenters. The molecule has 0 radical (unpaired) electrons. The Morgan fingerprint density at radius 1 is 1.16 bits per heavy atom. The molecule has 3 rings (SSSR count). The highest BCUT2D eigenvalue weighted by molar-refractivity contribution is 7.13. The van der Waals surface area contributed by atoms with Crippen molar-refractivity contribution in [2.45, 2.75) is 6.42 Å². The Kier molecular flexibility index (Phi) is 5.78. The van der Waals surface area contributed by atoms with Crippen LogP contribution in [0.4, 0.5) is 0 Å². The third-order valence-corrected chi connectivity index (χ3v) is 5.15. The number of hydrogen-bond acceptors (Lipinski definition) is 5. The van der Waals surface area contributed by atoms with E-state index in [2.05, 4.69) is 15.2 Å². The van der Waals surface area contributed by atoms with Gasteiger partial charge in [-0.05, 0) is 7.05 Å². The quantitative estimate of drug-likeness (QED) is 0.873. The fourth-order valence-electron chi connectivity index (χ4n) is 2.67. The molecule has 1 N–H and O–H groups in total. The maximum Gasteiger partial charge on any atom is 0.242 e. The molecule has 1 fully saturated rings. The maximum atomic E-state index is 12.1. The summed E-state index contributed by atoms with van der Waals surface area (Å²) >= 11 is 1.52. The summed E-state index contributed by atoms with van der Waals surface area (Å²) in [6.45, 7) is 3.25. The lowest BCUT2D eigenvalue weighted by Crippen LogP contribution is -2.50. The minimum Gasteiger partial charge on any atom is -0.347 e. The average Bonchev–Trinajstić information content (AvgIpc) is 3.09. The van der Waals surface area contributed by atoms with Gasteiger partial charge >= 0.3 is 0 Å². The number of nitrogens with one attached hydrogen (secondary N) is 1. The number of piperazine rings is 1. The molecule has 2 aromatic rings. The molecule has 0 bridgehead atoms. The first kappa shape index (κ1) is 17.6.